The number of thiocarbonyl (C=S) groups is 1. The molecule has 0 radical (unpaired) electrons. The van der Waals surface area contributed by atoms with Crippen molar-refractivity contribution in [3.63, 3.8) is 0 Å². The molecule has 3 nitrogen and oxygen atoms in total. The predicted molar refractivity (Wildman–Crippen MR) is 52.9 cm³/mol. The lowest BCUT2D eigenvalue weighted by Crippen LogP contribution is -2.22. The van der Waals surface area contributed by atoms with Crippen molar-refractivity contribution in [1.82, 2.24) is 5.32 Å². The Morgan fingerprint density at radius 3 is 3.17 bits per heavy atom. The van der Waals surface area contributed by atoms with Crippen LogP contribution >= 0.6 is 24.0 Å². The van der Waals surface area contributed by atoms with Crippen LogP contribution in [0, 0.1) is 0 Å². The summed E-state index contributed by atoms with van der Waals surface area (Å²) in [5.74, 6) is 0.338. The molecule has 1 N–H and O–H groups in total. The van der Waals surface area contributed by atoms with Gasteiger partial charge in [-0.2, -0.15) is 0 Å². The Morgan fingerprint density at radius 2 is 2.67 bits per heavy atom. The minimum atomic E-state index is -0.264. The van der Waals surface area contributed by atoms with Gasteiger partial charge in [0.2, 0.25) is 0 Å². The second-order valence-electron chi connectivity index (χ2n) is 2.11. The number of rotatable bonds is 2. The highest BCUT2D eigenvalue weighted by Gasteiger charge is 2.15. The molecule has 5 heteroatoms. The van der Waals surface area contributed by atoms with Crippen molar-refractivity contribution in [2.24, 2.45) is 0 Å². The van der Waals surface area contributed by atoms with Crippen molar-refractivity contribution < 1.29 is 9.53 Å². The average molecular weight is 203 g/mol. The quantitative estimate of drug-likeness (QED) is 0.536. The van der Waals surface area contributed by atoms with Gasteiger partial charge >= 0.3 is 5.97 Å². The Hall–Kier alpha value is -0.550. The summed E-state index contributed by atoms with van der Waals surface area (Å²) < 4.78 is 5.51. The van der Waals surface area contributed by atoms with Crippen LogP contribution in [0.2, 0.25) is 0 Å². The normalized spacial score (nSPS) is 16.4. The molecule has 0 fully saturated rings. The van der Waals surface area contributed by atoms with E-state index >= 15 is 0 Å². The molecule has 1 aliphatic rings. The van der Waals surface area contributed by atoms with Crippen LogP contribution in [0.1, 0.15) is 6.92 Å². The Bertz CT molecular complexity index is 238. The number of hydrogen-bond donors (Lipinski definition) is 1. The molecule has 66 valence electrons. The molecule has 12 heavy (non-hydrogen) atoms. The van der Waals surface area contributed by atoms with E-state index in [0.717, 1.165) is 0 Å². The lowest BCUT2D eigenvalue weighted by Gasteiger charge is -2.12. The maximum Gasteiger partial charge on any atom is 0.336 e. The molecule has 1 rings (SSSR count). The van der Waals surface area contributed by atoms with Crippen molar-refractivity contribution in [3.8, 4) is 0 Å². The van der Waals surface area contributed by atoms with Gasteiger partial charge in [0.25, 0.3) is 0 Å². The topological polar surface area (TPSA) is 38.3 Å². The molecule has 0 saturated carbocycles. The second kappa shape index (κ2) is 4.47. The summed E-state index contributed by atoms with van der Waals surface area (Å²) in [7, 11) is 0. The van der Waals surface area contributed by atoms with Crippen molar-refractivity contribution in [3.05, 3.63) is 11.8 Å². The van der Waals surface area contributed by atoms with Gasteiger partial charge in [-0.25, -0.2) is 4.79 Å². The molecule has 0 aromatic heterocycles. The number of ether oxygens (including phenoxy) is 1. The van der Waals surface area contributed by atoms with Crippen LogP contribution in [0.25, 0.3) is 0 Å². The zero-order valence-electron chi connectivity index (χ0n) is 6.62. The fourth-order valence-corrected chi connectivity index (χ4v) is 1.58. The first-order chi connectivity index (χ1) is 5.74. The van der Waals surface area contributed by atoms with Crippen molar-refractivity contribution in [2.75, 3.05) is 12.4 Å². The minimum Gasteiger partial charge on any atom is -0.463 e. The number of esters is 1. The molecule has 0 saturated heterocycles. The van der Waals surface area contributed by atoms with Crippen LogP contribution in [0.4, 0.5) is 0 Å². The van der Waals surface area contributed by atoms with Crippen LogP contribution in [0.5, 0.6) is 0 Å². The predicted octanol–water partition coefficient (Wildman–Crippen LogP) is 1.05. The van der Waals surface area contributed by atoms with Crippen LogP contribution < -0.4 is 5.32 Å². The van der Waals surface area contributed by atoms with Crippen molar-refractivity contribution in [2.45, 2.75) is 6.92 Å². The third-order valence-corrected chi connectivity index (χ3v) is 2.57. The molecule has 1 aliphatic heterocycles. The summed E-state index contributed by atoms with van der Waals surface area (Å²) in [6, 6.07) is 0. The van der Waals surface area contributed by atoms with Crippen molar-refractivity contribution >= 4 is 34.3 Å². The standard InChI is InChI=1S/C7H9NO2S2/c1-2-10-6(9)5-3-8-7(11)12-4-5/h3H,2,4H2,1H3,(H,8,11). The average Bonchev–Trinajstić information content (AvgIpc) is 2.06. The van der Waals surface area contributed by atoms with Gasteiger partial charge < -0.3 is 10.1 Å². The first kappa shape index (κ1) is 9.54. The lowest BCUT2D eigenvalue weighted by atomic mass is 10.3. The second-order valence-corrected chi connectivity index (χ2v) is 3.76. The first-order valence-corrected chi connectivity index (χ1v) is 4.93. The van der Waals surface area contributed by atoms with E-state index in [1.807, 2.05) is 0 Å². The molecule has 0 unspecified atom stereocenters. The van der Waals surface area contributed by atoms with E-state index in [1.165, 1.54) is 11.8 Å². The molecule has 0 aliphatic carbocycles. The Balaban J connectivity index is 2.52. The number of nitrogens with one attached hydrogen (secondary N) is 1. The minimum absolute atomic E-state index is 0.264. The summed E-state index contributed by atoms with van der Waals surface area (Å²) in [5.41, 5.74) is 0.635. The highest BCUT2D eigenvalue weighted by molar-refractivity contribution is 8.23. The molecule has 0 amide bonds. The smallest absolute Gasteiger partial charge is 0.336 e. The summed E-state index contributed by atoms with van der Waals surface area (Å²) in [6.07, 6.45) is 1.61. The fraction of sp³-hybridized carbons (Fsp3) is 0.429. The summed E-state index contributed by atoms with van der Waals surface area (Å²) in [5, 5.41) is 2.80. The summed E-state index contributed by atoms with van der Waals surface area (Å²) in [4.78, 5) is 11.1. The molecular weight excluding hydrogens is 194 g/mol. The van der Waals surface area contributed by atoms with Gasteiger partial charge in [-0.05, 0) is 6.92 Å². The lowest BCUT2D eigenvalue weighted by molar-refractivity contribution is -0.138. The van der Waals surface area contributed by atoms with Crippen LogP contribution in [0.3, 0.4) is 0 Å². The molecule has 1 heterocycles. The maximum absolute atomic E-state index is 11.1. The van der Waals surface area contributed by atoms with Crippen molar-refractivity contribution in [1.29, 1.82) is 0 Å². The molecule has 0 aromatic carbocycles. The van der Waals surface area contributed by atoms with Crippen LogP contribution in [0.15, 0.2) is 11.8 Å². The SMILES string of the molecule is CCOC(=O)C1=CNC(=S)SC1. The van der Waals surface area contributed by atoms with E-state index in [-0.39, 0.29) is 5.97 Å². The maximum atomic E-state index is 11.1. The Labute approximate surface area is 80.5 Å². The number of thioether (sulfide) groups is 1. The van der Waals surface area contributed by atoms with Gasteiger partial charge in [-0.3, -0.25) is 0 Å². The van der Waals surface area contributed by atoms with Gasteiger partial charge in [-0.15, -0.1) is 0 Å². The third kappa shape index (κ3) is 2.49. The molecule has 0 spiro atoms. The van der Waals surface area contributed by atoms with Gasteiger partial charge in [0.05, 0.1) is 12.2 Å². The zero-order chi connectivity index (χ0) is 8.97. The van der Waals surface area contributed by atoms with E-state index in [0.29, 0.717) is 22.3 Å². The van der Waals surface area contributed by atoms with Gasteiger partial charge in [-0.1, -0.05) is 24.0 Å². The molecular formula is C7H9NO2S2. The van der Waals surface area contributed by atoms with E-state index in [2.05, 4.69) is 5.32 Å². The van der Waals surface area contributed by atoms with Crippen LogP contribution in [-0.4, -0.2) is 22.6 Å². The van der Waals surface area contributed by atoms with E-state index in [1.54, 1.807) is 13.1 Å². The van der Waals surface area contributed by atoms with E-state index in [9.17, 15) is 4.79 Å². The van der Waals surface area contributed by atoms with Gasteiger partial charge in [0, 0.05) is 12.0 Å². The van der Waals surface area contributed by atoms with E-state index in [4.69, 9.17) is 17.0 Å². The summed E-state index contributed by atoms with van der Waals surface area (Å²) in [6.45, 7) is 2.19. The number of carbonyl (C=O) groups is 1. The Kier molecular flexibility index (Phi) is 3.55. The third-order valence-electron chi connectivity index (χ3n) is 1.26. The van der Waals surface area contributed by atoms with E-state index < -0.39 is 0 Å². The zero-order valence-corrected chi connectivity index (χ0v) is 8.26. The van der Waals surface area contributed by atoms with Gasteiger partial charge in [0.15, 0.2) is 0 Å². The monoisotopic (exact) mass is 203 g/mol. The summed E-state index contributed by atoms with van der Waals surface area (Å²) >= 11 is 6.30. The fourth-order valence-electron chi connectivity index (χ4n) is 0.714. The molecule has 0 aromatic rings. The van der Waals surface area contributed by atoms with Crippen LogP contribution in [-0.2, 0) is 9.53 Å². The Morgan fingerprint density at radius 1 is 1.92 bits per heavy atom. The number of hydrogen-bond acceptors (Lipinski definition) is 4. The highest BCUT2D eigenvalue weighted by atomic mass is 32.2. The van der Waals surface area contributed by atoms with Gasteiger partial charge in [0.1, 0.15) is 4.32 Å². The molecule has 0 bridgehead atoms. The first-order valence-electron chi connectivity index (χ1n) is 3.53. The number of carbonyl (C=O) groups excluding carboxylic acids is 1. The largest absolute Gasteiger partial charge is 0.463 e. The molecule has 0 atom stereocenters. The highest BCUT2D eigenvalue weighted by Crippen LogP contribution is 2.14.